The quantitative estimate of drug-likeness (QED) is 0.456. The van der Waals surface area contributed by atoms with Gasteiger partial charge < -0.3 is 4.98 Å². The lowest BCUT2D eigenvalue weighted by atomic mass is 10.0. The van der Waals surface area contributed by atoms with Gasteiger partial charge in [-0.1, -0.05) is 18.2 Å². The number of nitrogens with zero attached hydrogens (tertiary/aromatic N) is 1. The van der Waals surface area contributed by atoms with Crippen LogP contribution in [0, 0.1) is 19.7 Å². The van der Waals surface area contributed by atoms with E-state index < -0.39 is 15.8 Å². The number of aromatic amines is 1. The van der Waals surface area contributed by atoms with Gasteiger partial charge in [0.05, 0.1) is 10.4 Å². The van der Waals surface area contributed by atoms with Crippen LogP contribution in [0.1, 0.15) is 21.6 Å². The van der Waals surface area contributed by atoms with Gasteiger partial charge in [0.2, 0.25) is 10.0 Å². The second-order valence-electron chi connectivity index (χ2n) is 7.40. The Hall–Kier alpha value is -2.81. The number of aryl methyl sites for hydroxylation is 2. The molecule has 8 heteroatoms. The standard InChI is InChI=1S/C23H21FN2O3S2/c1-15-5-6-17-12-18(23(27)25-22(17)16(15)2)13-26(14-20-4-3-11-30-20)31(28,29)21-9-7-19(24)8-10-21/h3-12H,13-14H2,1-2H3,(H,25,27). The molecule has 0 saturated heterocycles. The normalized spacial score (nSPS) is 12.0. The number of hydrogen-bond acceptors (Lipinski definition) is 4. The Morgan fingerprint density at radius 3 is 2.45 bits per heavy atom. The molecule has 5 nitrogen and oxygen atoms in total. The topological polar surface area (TPSA) is 70.2 Å². The number of halogens is 1. The molecule has 4 aromatic rings. The van der Waals surface area contributed by atoms with Crippen molar-refractivity contribution >= 4 is 32.3 Å². The molecule has 1 N–H and O–H groups in total. The van der Waals surface area contributed by atoms with Crippen LogP contribution in [0.2, 0.25) is 0 Å². The van der Waals surface area contributed by atoms with Gasteiger partial charge in [-0.15, -0.1) is 11.3 Å². The average molecular weight is 457 g/mol. The van der Waals surface area contributed by atoms with E-state index in [2.05, 4.69) is 4.98 Å². The van der Waals surface area contributed by atoms with Crippen molar-refractivity contribution < 1.29 is 12.8 Å². The number of H-pyrrole nitrogens is 1. The molecule has 2 aromatic heterocycles. The van der Waals surface area contributed by atoms with Crippen molar-refractivity contribution in [1.82, 2.24) is 9.29 Å². The monoisotopic (exact) mass is 456 g/mol. The lowest BCUT2D eigenvalue weighted by molar-refractivity contribution is 0.402. The predicted octanol–water partition coefficient (Wildman–Crippen LogP) is 4.74. The summed E-state index contributed by atoms with van der Waals surface area (Å²) in [7, 11) is -3.96. The largest absolute Gasteiger partial charge is 0.321 e. The van der Waals surface area contributed by atoms with E-state index in [0.29, 0.717) is 5.56 Å². The molecule has 160 valence electrons. The molecule has 0 amide bonds. The molecule has 0 spiro atoms. The van der Waals surface area contributed by atoms with E-state index in [-0.39, 0.29) is 23.5 Å². The summed E-state index contributed by atoms with van der Waals surface area (Å²) < 4.78 is 41.3. The summed E-state index contributed by atoms with van der Waals surface area (Å²) in [6.07, 6.45) is 0. The molecule has 0 saturated carbocycles. The molecule has 2 heterocycles. The Bertz CT molecular complexity index is 1390. The third-order valence-corrected chi connectivity index (χ3v) is 8.01. The Balaban J connectivity index is 1.78. The van der Waals surface area contributed by atoms with E-state index in [0.717, 1.165) is 39.0 Å². The van der Waals surface area contributed by atoms with Gasteiger partial charge in [0.15, 0.2) is 0 Å². The highest BCUT2D eigenvalue weighted by Gasteiger charge is 2.26. The van der Waals surface area contributed by atoms with E-state index in [4.69, 9.17) is 0 Å². The minimum absolute atomic E-state index is 0.0193. The average Bonchev–Trinajstić information content (AvgIpc) is 3.25. The van der Waals surface area contributed by atoms with Crippen LogP contribution in [0.5, 0.6) is 0 Å². The van der Waals surface area contributed by atoms with E-state index in [1.165, 1.54) is 27.8 Å². The summed E-state index contributed by atoms with van der Waals surface area (Å²) in [5, 5.41) is 2.71. The first-order chi connectivity index (χ1) is 14.8. The maximum Gasteiger partial charge on any atom is 0.252 e. The van der Waals surface area contributed by atoms with Crippen molar-refractivity contribution in [3.8, 4) is 0 Å². The Morgan fingerprint density at radius 1 is 1.03 bits per heavy atom. The maximum atomic E-state index is 13.3. The summed E-state index contributed by atoms with van der Waals surface area (Å²) in [4.78, 5) is 16.5. The van der Waals surface area contributed by atoms with Crippen LogP contribution in [0.25, 0.3) is 10.9 Å². The first-order valence-corrected chi connectivity index (χ1v) is 12.0. The summed E-state index contributed by atoms with van der Waals surface area (Å²) in [6, 6.07) is 14.0. The molecule has 0 atom stereocenters. The van der Waals surface area contributed by atoms with Gasteiger partial charge in [-0.2, -0.15) is 4.31 Å². The lowest BCUT2D eigenvalue weighted by Gasteiger charge is -2.22. The van der Waals surface area contributed by atoms with Crippen molar-refractivity contribution in [3.63, 3.8) is 0 Å². The van der Waals surface area contributed by atoms with Gasteiger partial charge in [0, 0.05) is 23.5 Å². The van der Waals surface area contributed by atoms with Crippen LogP contribution in [0.3, 0.4) is 0 Å². The van der Waals surface area contributed by atoms with Gasteiger partial charge in [-0.05, 0) is 72.1 Å². The minimum Gasteiger partial charge on any atom is -0.321 e. The van der Waals surface area contributed by atoms with Crippen LogP contribution in [0.15, 0.2) is 69.7 Å². The number of hydrogen-bond donors (Lipinski definition) is 1. The van der Waals surface area contributed by atoms with Gasteiger partial charge in [0.1, 0.15) is 5.82 Å². The molecular formula is C23H21FN2O3S2. The number of nitrogens with one attached hydrogen (secondary N) is 1. The Morgan fingerprint density at radius 2 is 1.77 bits per heavy atom. The van der Waals surface area contributed by atoms with Crippen LogP contribution >= 0.6 is 11.3 Å². The molecule has 0 aliphatic rings. The predicted molar refractivity (Wildman–Crippen MR) is 121 cm³/mol. The highest BCUT2D eigenvalue weighted by atomic mass is 32.2. The van der Waals surface area contributed by atoms with Gasteiger partial charge in [-0.3, -0.25) is 4.79 Å². The third-order valence-electron chi connectivity index (χ3n) is 5.34. The highest BCUT2D eigenvalue weighted by Crippen LogP contribution is 2.24. The number of benzene rings is 2. The van der Waals surface area contributed by atoms with Crippen molar-refractivity contribution in [2.24, 2.45) is 0 Å². The Labute approximate surface area is 183 Å². The smallest absolute Gasteiger partial charge is 0.252 e. The van der Waals surface area contributed by atoms with Crippen LogP contribution in [0.4, 0.5) is 4.39 Å². The zero-order valence-electron chi connectivity index (χ0n) is 17.1. The highest BCUT2D eigenvalue weighted by molar-refractivity contribution is 7.89. The number of pyridine rings is 1. The van der Waals surface area contributed by atoms with Crippen molar-refractivity contribution in [3.05, 3.63) is 97.7 Å². The number of thiophene rings is 1. The summed E-state index contributed by atoms with van der Waals surface area (Å²) in [5.74, 6) is -0.514. The number of fused-ring (bicyclic) bond motifs is 1. The molecule has 0 fully saturated rings. The fourth-order valence-corrected chi connectivity index (χ4v) is 5.63. The second kappa shape index (κ2) is 8.37. The molecule has 4 rings (SSSR count). The van der Waals surface area contributed by atoms with Gasteiger partial charge >= 0.3 is 0 Å². The molecule has 0 aliphatic carbocycles. The summed E-state index contributed by atoms with van der Waals surface area (Å²) in [5.41, 5.74) is 2.81. The third kappa shape index (κ3) is 4.32. The lowest BCUT2D eigenvalue weighted by Crippen LogP contribution is -2.32. The molecule has 0 bridgehead atoms. The fraction of sp³-hybridized carbons (Fsp3) is 0.174. The van der Waals surface area contributed by atoms with Crippen molar-refractivity contribution in [1.29, 1.82) is 0 Å². The van der Waals surface area contributed by atoms with E-state index in [9.17, 15) is 17.6 Å². The van der Waals surface area contributed by atoms with Crippen molar-refractivity contribution in [2.75, 3.05) is 0 Å². The number of rotatable bonds is 6. The van der Waals surface area contributed by atoms with E-state index in [1.54, 1.807) is 6.07 Å². The minimum atomic E-state index is -3.96. The van der Waals surface area contributed by atoms with Gasteiger partial charge in [0.25, 0.3) is 5.56 Å². The fourth-order valence-electron chi connectivity index (χ4n) is 3.44. The first-order valence-electron chi connectivity index (χ1n) is 9.66. The first kappa shape index (κ1) is 21.4. The van der Waals surface area contributed by atoms with Crippen LogP contribution in [-0.2, 0) is 23.1 Å². The van der Waals surface area contributed by atoms with E-state index >= 15 is 0 Å². The SMILES string of the molecule is Cc1ccc2cc(CN(Cc3cccs3)S(=O)(=O)c3ccc(F)cc3)c(=O)[nH]c2c1C. The van der Waals surface area contributed by atoms with Crippen LogP contribution < -0.4 is 5.56 Å². The molecule has 0 radical (unpaired) electrons. The molecule has 0 aliphatic heterocycles. The maximum absolute atomic E-state index is 13.3. The second-order valence-corrected chi connectivity index (χ2v) is 10.4. The van der Waals surface area contributed by atoms with E-state index in [1.807, 2.05) is 43.5 Å². The number of aromatic nitrogens is 1. The molecule has 0 unspecified atom stereocenters. The Kier molecular flexibility index (Phi) is 5.79. The van der Waals surface area contributed by atoms with Gasteiger partial charge in [-0.25, -0.2) is 12.8 Å². The molecular weight excluding hydrogens is 435 g/mol. The zero-order valence-corrected chi connectivity index (χ0v) is 18.7. The molecule has 2 aromatic carbocycles. The van der Waals surface area contributed by atoms with Crippen molar-refractivity contribution in [2.45, 2.75) is 31.8 Å². The zero-order chi connectivity index (χ0) is 22.2. The summed E-state index contributed by atoms with van der Waals surface area (Å²) >= 11 is 1.43. The molecule has 31 heavy (non-hydrogen) atoms. The van der Waals surface area contributed by atoms with Crippen LogP contribution in [-0.4, -0.2) is 17.7 Å². The number of sulfonamides is 1. The summed E-state index contributed by atoms with van der Waals surface area (Å²) in [6.45, 7) is 3.92.